The maximum atomic E-state index is 11.8. The second kappa shape index (κ2) is 6.31. The summed E-state index contributed by atoms with van der Waals surface area (Å²) in [7, 11) is 0. The van der Waals surface area contributed by atoms with E-state index < -0.39 is 0 Å². The van der Waals surface area contributed by atoms with Crippen LogP contribution in [-0.4, -0.2) is 22.6 Å². The molecule has 0 fully saturated rings. The molecular weight excluding hydrogens is 262 g/mol. The Kier molecular flexibility index (Phi) is 4.68. The number of hydrogen-bond donors (Lipinski definition) is 2. The number of nitrogens with zero attached hydrogens (tertiary/aromatic N) is 1. The van der Waals surface area contributed by atoms with Crippen LogP contribution in [-0.2, 0) is 17.9 Å². The predicted molar refractivity (Wildman–Crippen MR) is 87.2 cm³/mol. The van der Waals surface area contributed by atoms with Gasteiger partial charge in [0, 0.05) is 24.8 Å². The van der Waals surface area contributed by atoms with Gasteiger partial charge in [0.2, 0.25) is 5.91 Å². The molecular formula is C17H25N3O. The minimum atomic E-state index is 0.0496. The molecule has 2 rings (SSSR count). The summed E-state index contributed by atoms with van der Waals surface area (Å²) in [5, 5.41) is 7.53. The lowest BCUT2D eigenvalue weighted by atomic mass is 10.1. The molecule has 4 heteroatoms. The second-order valence-electron chi connectivity index (χ2n) is 6.36. The van der Waals surface area contributed by atoms with Gasteiger partial charge in [0.25, 0.3) is 0 Å². The number of benzene rings is 1. The van der Waals surface area contributed by atoms with Crippen LogP contribution in [0.4, 0.5) is 0 Å². The summed E-state index contributed by atoms with van der Waals surface area (Å²) in [5.41, 5.74) is 2.43. The van der Waals surface area contributed by atoms with Crippen molar-refractivity contribution in [2.45, 2.75) is 46.3 Å². The average molecular weight is 287 g/mol. The Morgan fingerprint density at radius 3 is 2.67 bits per heavy atom. The molecule has 1 aromatic carbocycles. The lowest BCUT2D eigenvalue weighted by molar-refractivity contribution is -0.121. The SMILES string of the molecule is CCNC(=O)Cn1ccc2cccc(CNC(C)(C)C)c21. The molecule has 0 saturated heterocycles. The standard InChI is InChI=1S/C17H25N3O/c1-5-18-15(21)12-20-10-9-13-7-6-8-14(16(13)20)11-19-17(2,3)4/h6-10,19H,5,11-12H2,1-4H3,(H,18,21). The molecule has 0 atom stereocenters. The fourth-order valence-corrected chi connectivity index (χ4v) is 2.38. The first-order chi connectivity index (χ1) is 9.90. The fraction of sp³-hybridized carbons (Fsp3) is 0.471. The molecule has 4 nitrogen and oxygen atoms in total. The number of nitrogens with one attached hydrogen (secondary N) is 2. The number of hydrogen-bond acceptors (Lipinski definition) is 2. The lowest BCUT2D eigenvalue weighted by Crippen LogP contribution is -2.35. The van der Waals surface area contributed by atoms with Crippen molar-refractivity contribution in [1.82, 2.24) is 15.2 Å². The first kappa shape index (κ1) is 15.6. The molecule has 0 saturated carbocycles. The maximum Gasteiger partial charge on any atom is 0.239 e. The first-order valence-electron chi connectivity index (χ1n) is 7.49. The largest absolute Gasteiger partial charge is 0.355 e. The first-order valence-corrected chi connectivity index (χ1v) is 7.49. The summed E-state index contributed by atoms with van der Waals surface area (Å²) in [5.74, 6) is 0.0496. The number of para-hydroxylation sites is 1. The monoisotopic (exact) mass is 287 g/mol. The molecule has 21 heavy (non-hydrogen) atoms. The topological polar surface area (TPSA) is 46.1 Å². The van der Waals surface area contributed by atoms with Gasteiger partial charge in [-0.25, -0.2) is 0 Å². The Hall–Kier alpha value is -1.81. The third kappa shape index (κ3) is 4.08. The van der Waals surface area contributed by atoms with Crippen LogP contribution in [0.5, 0.6) is 0 Å². The van der Waals surface area contributed by atoms with Gasteiger partial charge in [-0.3, -0.25) is 4.79 Å². The molecule has 1 heterocycles. The van der Waals surface area contributed by atoms with Crippen molar-refractivity contribution in [1.29, 1.82) is 0 Å². The Morgan fingerprint density at radius 2 is 2.00 bits per heavy atom. The van der Waals surface area contributed by atoms with Gasteiger partial charge < -0.3 is 15.2 Å². The van der Waals surface area contributed by atoms with Gasteiger partial charge in [-0.05, 0) is 44.7 Å². The van der Waals surface area contributed by atoms with E-state index in [1.807, 2.05) is 17.7 Å². The van der Waals surface area contributed by atoms with Crippen LogP contribution < -0.4 is 10.6 Å². The number of fused-ring (bicyclic) bond motifs is 1. The van der Waals surface area contributed by atoms with Crippen molar-refractivity contribution in [3.63, 3.8) is 0 Å². The highest BCUT2D eigenvalue weighted by atomic mass is 16.1. The van der Waals surface area contributed by atoms with Gasteiger partial charge in [0.05, 0.1) is 5.52 Å². The summed E-state index contributed by atoms with van der Waals surface area (Å²) < 4.78 is 2.03. The molecule has 2 N–H and O–H groups in total. The predicted octanol–water partition coefficient (Wildman–Crippen LogP) is 2.67. The fourth-order valence-electron chi connectivity index (χ4n) is 2.38. The van der Waals surface area contributed by atoms with Crippen molar-refractivity contribution in [2.24, 2.45) is 0 Å². The minimum absolute atomic E-state index is 0.0496. The molecule has 2 aromatic rings. The second-order valence-corrected chi connectivity index (χ2v) is 6.36. The Labute approximate surface area is 126 Å². The van der Waals surface area contributed by atoms with E-state index >= 15 is 0 Å². The van der Waals surface area contributed by atoms with Crippen LogP contribution in [0.1, 0.15) is 33.3 Å². The van der Waals surface area contributed by atoms with Crippen LogP contribution in [0.2, 0.25) is 0 Å². The highest BCUT2D eigenvalue weighted by Crippen LogP contribution is 2.21. The highest BCUT2D eigenvalue weighted by molar-refractivity contribution is 5.85. The lowest BCUT2D eigenvalue weighted by Gasteiger charge is -2.21. The highest BCUT2D eigenvalue weighted by Gasteiger charge is 2.12. The van der Waals surface area contributed by atoms with Crippen LogP contribution in [0, 0.1) is 0 Å². The van der Waals surface area contributed by atoms with E-state index in [4.69, 9.17) is 0 Å². The number of amides is 1. The summed E-state index contributed by atoms with van der Waals surface area (Å²) in [4.78, 5) is 11.8. The Bertz CT molecular complexity index is 622. The molecule has 1 amide bonds. The number of rotatable bonds is 5. The van der Waals surface area contributed by atoms with E-state index in [-0.39, 0.29) is 11.4 Å². The van der Waals surface area contributed by atoms with Gasteiger partial charge in [-0.2, -0.15) is 0 Å². The van der Waals surface area contributed by atoms with E-state index in [2.05, 4.69) is 55.7 Å². The van der Waals surface area contributed by atoms with Gasteiger partial charge in [0.15, 0.2) is 0 Å². The van der Waals surface area contributed by atoms with Crippen molar-refractivity contribution < 1.29 is 4.79 Å². The summed E-state index contributed by atoms with van der Waals surface area (Å²) >= 11 is 0. The van der Waals surface area contributed by atoms with Gasteiger partial charge in [-0.15, -0.1) is 0 Å². The third-order valence-corrected chi connectivity index (χ3v) is 3.37. The molecule has 0 radical (unpaired) electrons. The zero-order chi connectivity index (χ0) is 15.5. The van der Waals surface area contributed by atoms with E-state index in [0.717, 1.165) is 12.1 Å². The number of aromatic nitrogens is 1. The van der Waals surface area contributed by atoms with Crippen molar-refractivity contribution >= 4 is 16.8 Å². The van der Waals surface area contributed by atoms with Crippen molar-refractivity contribution in [2.75, 3.05) is 6.54 Å². The maximum absolute atomic E-state index is 11.8. The van der Waals surface area contributed by atoms with Crippen LogP contribution in [0.3, 0.4) is 0 Å². The molecule has 1 aromatic heterocycles. The number of likely N-dealkylation sites (N-methyl/N-ethyl adjacent to an activating group) is 1. The summed E-state index contributed by atoms with van der Waals surface area (Å²) in [6.07, 6.45) is 1.99. The third-order valence-electron chi connectivity index (χ3n) is 3.37. The van der Waals surface area contributed by atoms with E-state index in [1.165, 1.54) is 10.9 Å². The molecule has 114 valence electrons. The van der Waals surface area contributed by atoms with Crippen LogP contribution >= 0.6 is 0 Å². The Balaban J connectivity index is 2.28. The minimum Gasteiger partial charge on any atom is -0.355 e. The zero-order valence-electron chi connectivity index (χ0n) is 13.4. The van der Waals surface area contributed by atoms with Crippen LogP contribution in [0.25, 0.3) is 10.9 Å². The normalized spacial score (nSPS) is 11.8. The van der Waals surface area contributed by atoms with E-state index in [9.17, 15) is 4.79 Å². The quantitative estimate of drug-likeness (QED) is 0.888. The summed E-state index contributed by atoms with van der Waals surface area (Å²) in [6.45, 7) is 10.2. The molecule has 0 aliphatic rings. The van der Waals surface area contributed by atoms with Crippen LogP contribution in [0.15, 0.2) is 30.5 Å². The number of carbonyl (C=O) groups is 1. The molecule has 0 aliphatic carbocycles. The Morgan fingerprint density at radius 1 is 1.24 bits per heavy atom. The number of carbonyl (C=O) groups excluding carboxylic acids is 1. The van der Waals surface area contributed by atoms with Gasteiger partial charge in [-0.1, -0.05) is 18.2 Å². The van der Waals surface area contributed by atoms with Crippen molar-refractivity contribution in [3.8, 4) is 0 Å². The zero-order valence-corrected chi connectivity index (χ0v) is 13.4. The smallest absolute Gasteiger partial charge is 0.239 e. The summed E-state index contributed by atoms with van der Waals surface area (Å²) in [6, 6.07) is 8.34. The average Bonchev–Trinajstić information content (AvgIpc) is 2.79. The van der Waals surface area contributed by atoms with Gasteiger partial charge >= 0.3 is 0 Å². The molecule has 0 spiro atoms. The van der Waals surface area contributed by atoms with E-state index in [0.29, 0.717) is 13.1 Å². The molecule has 0 aliphatic heterocycles. The van der Waals surface area contributed by atoms with E-state index in [1.54, 1.807) is 0 Å². The van der Waals surface area contributed by atoms with Gasteiger partial charge in [0.1, 0.15) is 6.54 Å². The molecule has 0 unspecified atom stereocenters. The molecule has 0 bridgehead atoms. The van der Waals surface area contributed by atoms with Crippen molar-refractivity contribution in [3.05, 3.63) is 36.0 Å².